The summed E-state index contributed by atoms with van der Waals surface area (Å²) in [6.45, 7) is 7.49. The molecule has 138 valence electrons. The van der Waals surface area contributed by atoms with Crippen molar-refractivity contribution in [2.45, 2.75) is 39.5 Å². The Labute approximate surface area is 148 Å². The summed E-state index contributed by atoms with van der Waals surface area (Å²) >= 11 is 0. The predicted molar refractivity (Wildman–Crippen MR) is 95.5 cm³/mol. The average Bonchev–Trinajstić information content (AvgIpc) is 2.94. The van der Waals surface area contributed by atoms with Crippen molar-refractivity contribution in [2.75, 3.05) is 31.2 Å². The molecule has 2 rings (SSSR count). The molecule has 1 atom stereocenters. The summed E-state index contributed by atoms with van der Waals surface area (Å²) in [6.07, 6.45) is -0.170. The van der Waals surface area contributed by atoms with Gasteiger partial charge in [0.25, 0.3) is 0 Å². The van der Waals surface area contributed by atoms with Crippen LogP contribution in [0.15, 0.2) is 24.3 Å². The van der Waals surface area contributed by atoms with Crippen molar-refractivity contribution < 1.29 is 19.1 Å². The number of urea groups is 1. The maximum absolute atomic E-state index is 12.2. The third-order valence-corrected chi connectivity index (χ3v) is 3.94. The van der Waals surface area contributed by atoms with E-state index >= 15 is 0 Å². The molecule has 0 saturated carbocycles. The van der Waals surface area contributed by atoms with Crippen LogP contribution in [0.3, 0.4) is 0 Å². The van der Waals surface area contributed by atoms with Crippen LogP contribution < -0.4 is 15.5 Å². The van der Waals surface area contributed by atoms with Gasteiger partial charge >= 0.3 is 6.03 Å². The Kier molecular flexibility index (Phi) is 7.21. The summed E-state index contributed by atoms with van der Waals surface area (Å²) in [5.74, 6) is 0.00987. The Balaban J connectivity index is 1.82. The zero-order valence-electron chi connectivity index (χ0n) is 15.1. The molecule has 1 aromatic rings. The largest absolute Gasteiger partial charge is 0.351 e. The van der Waals surface area contributed by atoms with Crippen LogP contribution >= 0.6 is 0 Å². The van der Waals surface area contributed by atoms with Crippen LogP contribution in [0.5, 0.6) is 0 Å². The summed E-state index contributed by atoms with van der Waals surface area (Å²) in [5, 5.41) is 5.56. The Morgan fingerprint density at radius 3 is 2.48 bits per heavy atom. The van der Waals surface area contributed by atoms with Gasteiger partial charge in [-0.25, -0.2) is 4.79 Å². The molecule has 7 heteroatoms. The van der Waals surface area contributed by atoms with Crippen molar-refractivity contribution in [2.24, 2.45) is 0 Å². The minimum atomic E-state index is -0.463. The summed E-state index contributed by atoms with van der Waals surface area (Å²) in [5.41, 5.74) is 2.00. The maximum atomic E-state index is 12.2. The SMILES string of the molecule is CCOC(CNC(=O)N[C@H]1CC(=O)N(c2ccc(C)cc2)C1)OCC. The molecule has 0 radical (unpaired) electrons. The Morgan fingerprint density at radius 1 is 1.24 bits per heavy atom. The molecule has 0 aliphatic carbocycles. The number of hydrogen-bond donors (Lipinski definition) is 2. The zero-order valence-corrected chi connectivity index (χ0v) is 15.1. The van der Waals surface area contributed by atoms with Crippen LogP contribution in [-0.4, -0.2) is 50.6 Å². The second-order valence-electron chi connectivity index (χ2n) is 5.94. The summed E-state index contributed by atoms with van der Waals surface area (Å²) in [6, 6.07) is 7.24. The van der Waals surface area contributed by atoms with E-state index in [1.807, 2.05) is 45.0 Å². The topological polar surface area (TPSA) is 79.9 Å². The smallest absolute Gasteiger partial charge is 0.315 e. The van der Waals surface area contributed by atoms with Crippen LogP contribution in [0.1, 0.15) is 25.8 Å². The highest BCUT2D eigenvalue weighted by Crippen LogP contribution is 2.21. The number of carbonyl (C=O) groups excluding carboxylic acids is 2. The lowest BCUT2D eigenvalue weighted by atomic mass is 10.2. The van der Waals surface area contributed by atoms with Gasteiger partial charge in [-0.15, -0.1) is 0 Å². The van der Waals surface area contributed by atoms with E-state index in [0.29, 0.717) is 26.2 Å². The fraction of sp³-hybridized carbons (Fsp3) is 0.556. The molecule has 1 aromatic carbocycles. The van der Waals surface area contributed by atoms with Gasteiger partial charge in [-0.1, -0.05) is 17.7 Å². The zero-order chi connectivity index (χ0) is 18.2. The monoisotopic (exact) mass is 349 g/mol. The number of rotatable bonds is 8. The molecule has 7 nitrogen and oxygen atoms in total. The molecule has 1 aliphatic heterocycles. The van der Waals surface area contributed by atoms with Crippen molar-refractivity contribution in [3.05, 3.63) is 29.8 Å². The minimum Gasteiger partial charge on any atom is -0.351 e. The fourth-order valence-electron chi connectivity index (χ4n) is 2.73. The lowest BCUT2D eigenvalue weighted by Crippen LogP contribution is -2.46. The van der Waals surface area contributed by atoms with Crippen molar-refractivity contribution in [1.29, 1.82) is 0 Å². The molecular formula is C18H27N3O4. The number of nitrogens with one attached hydrogen (secondary N) is 2. The second-order valence-corrected chi connectivity index (χ2v) is 5.94. The van der Waals surface area contributed by atoms with Crippen LogP contribution in [0, 0.1) is 6.92 Å². The van der Waals surface area contributed by atoms with Crippen molar-refractivity contribution >= 4 is 17.6 Å². The lowest BCUT2D eigenvalue weighted by Gasteiger charge is -2.19. The molecule has 0 aromatic heterocycles. The van der Waals surface area contributed by atoms with Crippen LogP contribution in [0.2, 0.25) is 0 Å². The second kappa shape index (κ2) is 9.39. The average molecular weight is 349 g/mol. The summed E-state index contributed by atoms with van der Waals surface area (Å²) in [7, 11) is 0. The summed E-state index contributed by atoms with van der Waals surface area (Å²) in [4.78, 5) is 25.9. The van der Waals surface area contributed by atoms with Gasteiger partial charge in [0.1, 0.15) is 0 Å². The molecule has 1 aliphatic rings. The number of nitrogens with zero attached hydrogens (tertiary/aromatic N) is 1. The van der Waals surface area contributed by atoms with Gasteiger partial charge in [0.15, 0.2) is 6.29 Å². The first kappa shape index (κ1) is 19.2. The van der Waals surface area contributed by atoms with Gasteiger partial charge in [0, 0.05) is 31.9 Å². The highest BCUT2D eigenvalue weighted by atomic mass is 16.7. The first-order valence-corrected chi connectivity index (χ1v) is 8.68. The van der Waals surface area contributed by atoms with Crippen LogP contribution in [-0.2, 0) is 14.3 Å². The van der Waals surface area contributed by atoms with E-state index in [0.717, 1.165) is 11.3 Å². The van der Waals surface area contributed by atoms with E-state index < -0.39 is 6.29 Å². The van der Waals surface area contributed by atoms with Gasteiger partial charge < -0.3 is 25.0 Å². The Hall–Kier alpha value is -2.12. The van der Waals surface area contributed by atoms with Gasteiger partial charge in [-0.2, -0.15) is 0 Å². The highest BCUT2D eigenvalue weighted by molar-refractivity contribution is 5.96. The Bertz CT molecular complexity index is 570. The van der Waals surface area contributed by atoms with Gasteiger partial charge in [-0.05, 0) is 32.9 Å². The predicted octanol–water partition coefficient (Wildman–Crippen LogP) is 1.80. The van der Waals surface area contributed by atoms with E-state index in [2.05, 4.69) is 10.6 Å². The Morgan fingerprint density at radius 2 is 1.88 bits per heavy atom. The molecule has 1 fully saturated rings. The molecule has 0 spiro atoms. The van der Waals surface area contributed by atoms with Crippen molar-refractivity contribution in [3.63, 3.8) is 0 Å². The van der Waals surface area contributed by atoms with Crippen LogP contribution in [0.25, 0.3) is 0 Å². The quantitative estimate of drug-likeness (QED) is 0.702. The van der Waals surface area contributed by atoms with Crippen LogP contribution in [0.4, 0.5) is 10.5 Å². The van der Waals surface area contributed by atoms with Gasteiger partial charge in [0.2, 0.25) is 5.91 Å². The standard InChI is InChI=1S/C18H27N3O4/c1-4-24-17(25-5-2)11-19-18(23)20-14-10-16(22)21(12-14)15-8-6-13(3)7-9-15/h6-9,14,17H,4-5,10-12H2,1-3H3,(H2,19,20,23)/t14-/m0/s1. The van der Waals surface area contributed by atoms with Gasteiger partial charge in [-0.3, -0.25) is 4.79 Å². The number of hydrogen-bond acceptors (Lipinski definition) is 4. The van der Waals surface area contributed by atoms with Crippen molar-refractivity contribution in [3.8, 4) is 0 Å². The molecule has 1 heterocycles. The molecule has 25 heavy (non-hydrogen) atoms. The number of aryl methyl sites for hydroxylation is 1. The number of anilines is 1. The molecule has 3 amide bonds. The van der Waals surface area contributed by atoms with Gasteiger partial charge in [0.05, 0.1) is 12.6 Å². The normalized spacial score (nSPS) is 17.2. The number of ether oxygens (including phenoxy) is 2. The molecular weight excluding hydrogens is 322 g/mol. The fourth-order valence-corrected chi connectivity index (χ4v) is 2.73. The first-order valence-electron chi connectivity index (χ1n) is 8.68. The molecule has 1 saturated heterocycles. The molecule has 0 unspecified atom stereocenters. The third-order valence-electron chi connectivity index (χ3n) is 3.94. The lowest BCUT2D eigenvalue weighted by molar-refractivity contribution is -0.131. The van der Waals surface area contributed by atoms with E-state index in [-0.39, 0.29) is 24.5 Å². The molecule has 0 bridgehead atoms. The molecule has 2 N–H and O–H groups in total. The van der Waals surface area contributed by atoms with E-state index in [1.54, 1.807) is 4.90 Å². The summed E-state index contributed by atoms with van der Waals surface area (Å²) < 4.78 is 10.8. The van der Waals surface area contributed by atoms with E-state index in [9.17, 15) is 9.59 Å². The van der Waals surface area contributed by atoms with Crippen molar-refractivity contribution in [1.82, 2.24) is 10.6 Å². The third kappa shape index (κ3) is 5.72. The van der Waals surface area contributed by atoms with E-state index in [4.69, 9.17) is 9.47 Å². The number of carbonyl (C=O) groups is 2. The number of amides is 3. The van der Waals surface area contributed by atoms with E-state index in [1.165, 1.54) is 0 Å². The first-order chi connectivity index (χ1) is 12.0. The minimum absolute atomic E-state index is 0.00987. The number of benzene rings is 1. The highest BCUT2D eigenvalue weighted by Gasteiger charge is 2.31. The maximum Gasteiger partial charge on any atom is 0.315 e.